The monoisotopic (exact) mass is 289 g/mol. The Bertz CT molecular complexity index is 337. The molecule has 0 rings (SSSR count). The van der Waals surface area contributed by atoms with Crippen LogP contribution in [0, 0.1) is 0 Å². The third-order valence-electron chi connectivity index (χ3n) is 3.10. The molecule has 0 aliphatic rings. The molecule has 0 fully saturated rings. The molecule has 118 valence electrons. The molecule has 0 spiro atoms. The highest BCUT2D eigenvalue weighted by atomic mass is 16.4. The smallest absolute Gasteiger partial charge is 0.177 e. The molecule has 2 unspecified atom stereocenters. The summed E-state index contributed by atoms with van der Waals surface area (Å²) in [4.78, 5) is 22.9. The Morgan fingerprint density at radius 1 is 1.30 bits per heavy atom. The number of aliphatic carboxylic acids is 1. The van der Waals surface area contributed by atoms with E-state index in [1.807, 2.05) is 6.92 Å². The molecule has 6 heteroatoms. The highest BCUT2D eigenvalue weighted by Crippen LogP contribution is 2.19. The molecule has 6 nitrogen and oxygen atoms in total. The van der Waals surface area contributed by atoms with Crippen LogP contribution in [0.4, 0.5) is 0 Å². The molecule has 0 aliphatic heterocycles. The largest absolute Gasteiger partial charge is 0.550 e. The van der Waals surface area contributed by atoms with E-state index in [0.29, 0.717) is 19.3 Å². The second-order valence-corrected chi connectivity index (χ2v) is 6.41. The van der Waals surface area contributed by atoms with Crippen molar-refractivity contribution in [2.75, 3.05) is 27.7 Å². The molecule has 0 radical (unpaired) electrons. The molecule has 0 amide bonds. The highest BCUT2D eigenvalue weighted by Gasteiger charge is 2.40. The van der Waals surface area contributed by atoms with Crippen LogP contribution in [0.3, 0.4) is 0 Å². The van der Waals surface area contributed by atoms with E-state index in [9.17, 15) is 24.9 Å². The average molecular weight is 289 g/mol. The van der Waals surface area contributed by atoms with Gasteiger partial charge in [0.25, 0.3) is 0 Å². The maximum absolute atomic E-state index is 12.1. The number of nitrogens with zero attached hydrogens (tertiary/aromatic N) is 1. The van der Waals surface area contributed by atoms with Crippen LogP contribution in [-0.4, -0.2) is 65.8 Å². The molecule has 0 aliphatic carbocycles. The minimum absolute atomic E-state index is 0.0101. The van der Waals surface area contributed by atoms with Crippen molar-refractivity contribution < 1.29 is 29.4 Å². The minimum atomic E-state index is -1.91. The number of hydrogen-bond donors (Lipinski definition) is 2. The highest BCUT2D eigenvalue weighted by molar-refractivity contribution is 5.90. The quantitative estimate of drug-likeness (QED) is 0.507. The number of aliphatic hydroxyl groups is 2. The molecule has 0 aromatic rings. The normalized spacial score (nSPS) is 16.5. The van der Waals surface area contributed by atoms with Gasteiger partial charge in [0, 0.05) is 18.8 Å². The van der Waals surface area contributed by atoms with Gasteiger partial charge in [-0.3, -0.25) is 4.79 Å². The van der Waals surface area contributed by atoms with Crippen LogP contribution in [0.2, 0.25) is 0 Å². The summed E-state index contributed by atoms with van der Waals surface area (Å²) >= 11 is 0. The summed E-state index contributed by atoms with van der Waals surface area (Å²) in [6.45, 7) is 1.85. The summed E-state index contributed by atoms with van der Waals surface area (Å²) in [7, 11) is 5.32. The fraction of sp³-hybridized carbons (Fsp3) is 0.857. The molecule has 0 saturated carbocycles. The van der Waals surface area contributed by atoms with E-state index in [2.05, 4.69) is 0 Å². The lowest BCUT2D eigenvalue weighted by atomic mass is 9.89. The van der Waals surface area contributed by atoms with Gasteiger partial charge < -0.3 is 24.6 Å². The Balaban J connectivity index is 4.68. The van der Waals surface area contributed by atoms with Crippen molar-refractivity contribution in [2.24, 2.45) is 0 Å². The van der Waals surface area contributed by atoms with E-state index in [4.69, 9.17) is 0 Å². The van der Waals surface area contributed by atoms with Crippen molar-refractivity contribution in [3.05, 3.63) is 0 Å². The number of carboxylic acids is 1. The maximum atomic E-state index is 12.1. The number of hydrogen-bond acceptors (Lipinski definition) is 5. The van der Waals surface area contributed by atoms with Gasteiger partial charge in [0.2, 0.25) is 0 Å². The van der Waals surface area contributed by atoms with Gasteiger partial charge in [-0.05, 0) is 19.3 Å². The van der Waals surface area contributed by atoms with Crippen LogP contribution in [0.15, 0.2) is 0 Å². The van der Waals surface area contributed by atoms with Gasteiger partial charge in [-0.25, -0.2) is 0 Å². The second kappa shape index (κ2) is 7.71. The van der Waals surface area contributed by atoms with E-state index in [-0.39, 0.29) is 17.4 Å². The summed E-state index contributed by atoms with van der Waals surface area (Å²) < 4.78 is 0.271. The van der Waals surface area contributed by atoms with Crippen LogP contribution >= 0.6 is 0 Å². The van der Waals surface area contributed by atoms with Crippen molar-refractivity contribution in [1.29, 1.82) is 0 Å². The number of ketones is 1. The number of carbonyl (C=O) groups is 2. The number of carbonyl (C=O) groups excluding carboxylic acids is 2. The van der Waals surface area contributed by atoms with Crippen LogP contribution in [0.25, 0.3) is 0 Å². The first-order chi connectivity index (χ1) is 9.00. The zero-order valence-electron chi connectivity index (χ0n) is 12.9. The van der Waals surface area contributed by atoms with Crippen molar-refractivity contribution in [3.8, 4) is 0 Å². The van der Waals surface area contributed by atoms with Gasteiger partial charge in [-0.1, -0.05) is 6.92 Å². The second-order valence-electron chi connectivity index (χ2n) is 6.41. The predicted molar refractivity (Wildman–Crippen MR) is 72.6 cm³/mol. The number of Topliss-reactive ketones (excluding diaryl/α,β-unsaturated/α-hetero) is 1. The van der Waals surface area contributed by atoms with E-state index >= 15 is 0 Å². The molecular weight excluding hydrogens is 262 g/mol. The molecule has 2 N–H and O–H groups in total. The molecule has 0 saturated heterocycles. The molecule has 0 heterocycles. The van der Waals surface area contributed by atoms with Crippen LogP contribution in [0.5, 0.6) is 0 Å². The fourth-order valence-corrected chi connectivity index (χ4v) is 2.20. The first-order valence-corrected chi connectivity index (χ1v) is 6.94. The van der Waals surface area contributed by atoms with Crippen LogP contribution < -0.4 is 5.11 Å². The Labute approximate surface area is 120 Å². The fourth-order valence-electron chi connectivity index (χ4n) is 2.20. The Morgan fingerprint density at radius 2 is 1.85 bits per heavy atom. The first-order valence-electron chi connectivity index (χ1n) is 6.94. The third-order valence-corrected chi connectivity index (χ3v) is 3.10. The molecule has 20 heavy (non-hydrogen) atoms. The summed E-state index contributed by atoms with van der Waals surface area (Å²) in [5, 5.41) is 30.5. The van der Waals surface area contributed by atoms with Gasteiger partial charge in [-0.15, -0.1) is 0 Å². The number of likely N-dealkylation sites (N-methyl/N-ethyl adjacent to an activating group) is 1. The number of aliphatic hydroxyl groups excluding tert-OH is 1. The minimum Gasteiger partial charge on any atom is -0.550 e. The summed E-state index contributed by atoms with van der Waals surface area (Å²) in [5.41, 5.74) is -1.91. The standard InChI is InChI=1S/C14H27NO5/c1-5-11(16)7-6-8-12(17)14(20,9-13(18)19)10-15(2,3)4/h11,16,20H,5-10H2,1-4H3. The van der Waals surface area contributed by atoms with Crippen molar-refractivity contribution >= 4 is 11.8 Å². The van der Waals surface area contributed by atoms with E-state index < -0.39 is 29.9 Å². The lowest BCUT2D eigenvalue weighted by molar-refractivity contribution is -0.875. The van der Waals surface area contributed by atoms with Crippen molar-refractivity contribution in [1.82, 2.24) is 0 Å². The lowest BCUT2D eigenvalue weighted by Gasteiger charge is -2.35. The maximum Gasteiger partial charge on any atom is 0.177 e. The Hall–Kier alpha value is -0.980. The lowest BCUT2D eigenvalue weighted by Crippen LogP contribution is -2.56. The molecular formula is C14H27NO5. The Kier molecular flexibility index (Phi) is 7.33. The van der Waals surface area contributed by atoms with E-state index in [1.54, 1.807) is 21.1 Å². The average Bonchev–Trinajstić information content (AvgIpc) is 2.24. The molecule has 0 aromatic heterocycles. The number of quaternary nitrogens is 1. The summed E-state index contributed by atoms with van der Waals surface area (Å²) in [6, 6.07) is 0. The summed E-state index contributed by atoms with van der Waals surface area (Å²) in [6.07, 6.45) is 0.402. The van der Waals surface area contributed by atoms with Gasteiger partial charge >= 0.3 is 0 Å². The van der Waals surface area contributed by atoms with Crippen LogP contribution in [-0.2, 0) is 9.59 Å². The summed E-state index contributed by atoms with van der Waals surface area (Å²) in [5.74, 6) is -1.94. The molecule has 2 atom stereocenters. The van der Waals surface area contributed by atoms with Gasteiger partial charge in [-0.2, -0.15) is 0 Å². The van der Waals surface area contributed by atoms with Gasteiger partial charge in [0.15, 0.2) is 11.4 Å². The van der Waals surface area contributed by atoms with Gasteiger partial charge in [0.1, 0.15) is 6.54 Å². The number of carboxylic acid groups (broad SMARTS) is 1. The SMILES string of the molecule is CCC(O)CCCC(=O)C(O)(CC(=O)[O-])C[N+](C)(C)C. The predicted octanol–water partition coefficient (Wildman–Crippen LogP) is -0.926. The third kappa shape index (κ3) is 7.57. The zero-order chi connectivity index (χ0) is 16.0. The van der Waals surface area contributed by atoms with E-state index in [1.165, 1.54) is 0 Å². The van der Waals surface area contributed by atoms with Crippen molar-refractivity contribution in [2.45, 2.75) is 50.7 Å². The van der Waals surface area contributed by atoms with Crippen molar-refractivity contribution in [3.63, 3.8) is 0 Å². The Morgan fingerprint density at radius 3 is 2.25 bits per heavy atom. The number of rotatable bonds is 10. The molecule has 0 aromatic carbocycles. The van der Waals surface area contributed by atoms with Crippen LogP contribution in [0.1, 0.15) is 39.0 Å². The van der Waals surface area contributed by atoms with E-state index in [0.717, 1.165) is 0 Å². The first kappa shape index (κ1) is 19.0. The van der Waals surface area contributed by atoms with Gasteiger partial charge in [0.05, 0.1) is 27.2 Å². The molecule has 0 bridgehead atoms. The zero-order valence-corrected chi connectivity index (χ0v) is 12.9. The topological polar surface area (TPSA) is 97.7 Å².